The van der Waals surface area contributed by atoms with E-state index in [0.29, 0.717) is 13.2 Å². The van der Waals surface area contributed by atoms with Crippen LogP contribution in [0.1, 0.15) is 6.92 Å². The summed E-state index contributed by atoms with van der Waals surface area (Å²) in [5.74, 6) is -0.0825. The summed E-state index contributed by atoms with van der Waals surface area (Å²) in [6, 6.07) is 0. The van der Waals surface area contributed by atoms with Crippen LogP contribution in [0.4, 0.5) is 0 Å². The molecule has 0 heterocycles. The van der Waals surface area contributed by atoms with Crippen LogP contribution in [0.25, 0.3) is 0 Å². The van der Waals surface area contributed by atoms with Gasteiger partial charge in [-0.1, -0.05) is 0 Å². The summed E-state index contributed by atoms with van der Waals surface area (Å²) < 4.78 is 4.68. The monoisotopic (exact) mass is 176 g/mol. The highest BCUT2D eigenvalue weighted by Crippen LogP contribution is 1.87. The van der Waals surface area contributed by atoms with Crippen LogP contribution in [0.2, 0.25) is 0 Å². The van der Waals surface area contributed by atoms with Gasteiger partial charge in [-0.05, 0) is 6.92 Å². The van der Waals surface area contributed by atoms with Gasteiger partial charge in [0.25, 0.3) is 0 Å². The van der Waals surface area contributed by atoms with Gasteiger partial charge in [-0.25, -0.2) is 0 Å². The van der Waals surface area contributed by atoms with E-state index in [4.69, 9.17) is 5.11 Å². The second-order valence-electron chi connectivity index (χ2n) is 2.25. The molecule has 0 saturated carbocycles. The zero-order chi connectivity index (χ0) is 9.40. The van der Waals surface area contributed by atoms with Crippen LogP contribution in [-0.4, -0.2) is 49.6 Å². The maximum atomic E-state index is 11.2. The summed E-state index contributed by atoms with van der Waals surface area (Å²) in [5.41, 5.74) is 0. The SMILES string of the molecule is CCN(CNCO)C(=O)COC. The number of likely N-dealkylation sites (N-methyl/N-ethyl adjacent to an activating group) is 1. The van der Waals surface area contributed by atoms with Crippen molar-refractivity contribution in [3.05, 3.63) is 0 Å². The van der Waals surface area contributed by atoms with Gasteiger partial charge in [-0.3, -0.25) is 10.1 Å². The highest BCUT2D eigenvalue weighted by Gasteiger charge is 2.09. The summed E-state index contributed by atoms with van der Waals surface area (Å²) in [5, 5.41) is 11.1. The Kier molecular flexibility index (Phi) is 6.64. The van der Waals surface area contributed by atoms with E-state index in [1.54, 1.807) is 4.90 Å². The van der Waals surface area contributed by atoms with Crippen LogP contribution < -0.4 is 5.32 Å². The summed E-state index contributed by atoms with van der Waals surface area (Å²) in [4.78, 5) is 12.7. The number of nitrogens with zero attached hydrogens (tertiary/aromatic N) is 1. The maximum Gasteiger partial charge on any atom is 0.249 e. The second-order valence-corrected chi connectivity index (χ2v) is 2.25. The van der Waals surface area contributed by atoms with E-state index in [9.17, 15) is 4.79 Å². The van der Waals surface area contributed by atoms with Gasteiger partial charge in [0.05, 0.1) is 13.4 Å². The van der Waals surface area contributed by atoms with E-state index in [-0.39, 0.29) is 19.2 Å². The van der Waals surface area contributed by atoms with Gasteiger partial charge >= 0.3 is 0 Å². The Hall–Kier alpha value is -0.650. The lowest BCUT2D eigenvalue weighted by Crippen LogP contribution is -2.40. The van der Waals surface area contributed by atoms with E-state index in [1.807, 2.05) is 6.92 Å². The van der Waals surface area contributed by atoms with Crippen molar-refractivity contribution in [1.82, 2.24) is 10.2 Å². The van der Waals surface area contributed by atoms with Crippen LogP contribution in [0.15, 0.2) is 0 Å². The van der Waals surface area contributed by atoms with Crippen LogP contribution in [0.3, 0.4) is 0 Å². The average molecular weight is 176 g/mol. The highest BCUT2D eigenvalue weighted by molar-refractivity contribution is 5.77. The quantitative estimate of drug-likeness (QED) is 0.508. The lowest BCUT2D eigenvalue weighted by atomic mass is 10.5. The fourth-order valence-corrected chi connectivity index (χ4v) is 0.776. The second kappa shape index (κ2) is 7.02. The predicted molar refractivity (Wildman–Crippen MR) is 44.4 cm³/mol. The van der Waals surface area contributed by atoms with Crippen molar-refractivity contribution in [2.24, 2.45) is 0 Å². The molecule has 2 N–H and O–H groups in total. The fourth-order valence-electron chi connectivity index (χ4n) is 0.776. The van der Waals surface area contributed by atoms with Gasteiger partial charge in [0, 0.05) is 13.7 Å². The lowest BCUT2D eigenvalue weighted by Gasteiger charge is -2.20. The van der Waals surface area contributed by atoms with E-state index >= 15 is 0 Å². The Morgan fingerprint density at radius 2 is 2.33 bits per heavy atom. The first-order valence-corrected chi connectivity index (χ1v) is 3.84. The topological polar surface area (TPSA) is 61.8 Å². The Bertz CT molecular complexity index is 130. The Labute approximate surface area is 72.3 Å². The molecule has 1 amide bonds. The van der Waals surface area contributed by atoms with Crippen LogP contribution >= 0.6 is 0 Å². The molecule has 0 aliphatic heterocycles. The van der Waals surface area contributed by atoms with E-state index in [0.717, 1.165) is 0 Å². The molecule has 0 bridgehead atoms. The molecule has 0 radical (unpaired) electrons. The highest BCUT2D eigenvalue weighted by atomic mass is 16.5. The minimum Gasteiger partial charge on any atom is -0.381 e. The molecule has 0 aromatic heterocycles. The third-order valence-electron chi connectivity index (χ3n) is 1.42. The molecular formula is C7H16N2O3. The zero-order valence-corrected chi connectivity index (χ0v) is 7.54. The third-order valence-corrected chi connectivity index (χ3v) is 1.42. The van der Waals surface area contributed by atoms with Gasteiger partial charge in [0.15, 0.2) is 0 Å². The number of rotatable bonds is 6. The molecule has 0 unspecified atom stereocenters. The number of hydrogen-bond acceptors (Lipinski definition) is 4. The molecule has 72 valence electrons. The van der Waals surface area contributed by atoms with Gasteiger partial charge in [-0.2, -0.15) is 0 Å². The Morgan fingerprint density at radius 1 is 1.67 bits per heavy atom. The summed E-state index contributed by atoms with van der Waals surface area (Å²) in [6.45, 7) is 2.79. The van der Waals surface area contributed by atoms with Crippen molar-refractivity contribution in [2.75, 3.05) is 33.7 Å². The molecule has 0 saturated heterocycles. The molecular weight excluding hydrogens is 160 g/mol. The fraction of sp³-hybridized carbons (Fsp3) is 0.857. The molecule has 0 rings (SSSR count). The largest absolute Gasteiger partial charge is 0.381 e. The van der Waals surface area contributed by atoms with Crippen molar-refractivity contribution in [3.63, 3.8) is 0 Å². The maximum absolute atomic E-state index is 11.2. The molecule has 0 spiro atoms. The molecule has 0 aromatic carbocycles. The lowest BCUT2D eigenvalue weighted by molar-refractivity contribution is -0.135. The average Bonchev–Trinajstić information content (AvgIpc) is 2.06. The number of methoxy groups -OCH3 is 1. The predicted octanol–water partition coefficient (Wildman–Crippen LogP) is -1.02. The molecule has 0 aromatic rings. The number of carbonyl (C=O) groups excluding carboxylic acids is 1. The molecule has 12 heavy (non-hydrogen) atoms. The van der Waals surface area contributed by atoms with E-state index < -0.39 is 0 Å². The molecule has 0 atom stereocenters. The van der Waals surface area contributed by atoms with Gasteiger partial charge in [-0.15, -0.1) is 0 Å². The number of aliphatic hydroxyl groups is 1. The number of ether oxygens (including phenoxy) is 1. The number of amides is 1. The van der Waals surface area contributed by atoms with Crippen molar-refractivity contribution < 1.29 is 14.6 Å². The molecule has 5 nitrogen and oxygen atoms in total. The van der Waals surface area contributed by atoms with Crippen LogP contribution in [0.5, 0.6) is 0 Å². The Balaban J connectivity index is 3.71. The number of aliphatic hydroxyl groups excluding tert-OH is 1. The van der Waals surface area contributed by atoms with Crippen molar-refractivity contribution in [2.45, 2.75) is 6.92 Å². The minimum atomic E-state index is -0.128. The van der Waals surface area contributed by atoms with Gasteiger partial charge in [0.2, 0.25) is 5.91 Å². The zero-order valence-electron chi connectivity index (χ0n) is 7.54. The summed E-state index contributed by atoms with van der Waals surface area (Å²) >= 11 is 0. The number of nitrogens with one attached hydrogen (secondary N) is 1. The first-order chi connectivity index (χ1) is 5.76. The Morgan fingerprint density at radius 3 is 2.75 bits per heavy atom. The van der Waals surface area contributed by atoms with Crippen LogP contribution in [-0.2, 0) is 9.53 Å². The van der Waals surface area contributed by atoms with Crippen molar-refractivity contribution >= 4 is 5.91 Å². The molecule has 0 aliphatic rings. The first-order valence-electron chi connectivity index (χ1n) is 3.84. The smallest absolute Gasteiger partial charge is 0.249 e. The van der Waals surface area contributed by atoms with Gasteiger partial charge in [0.1, 0.15) is 6.61 Å². The molecule has 5 heteroatoms. The van der Waals surface area contributed by atoms with Gasteiger partial charge < -0.3 is 14.7 Å². The number of carbonyl (C=O) groups is 1. The van der Waals surface area contributed by atoms with Crippen molar-refractivity contribution in [1.29, 1.82) is 0 Å². The number of hydrogen-bond donors (Lipinski definition) is 2. The van der Waals surface area contributed by atoms with E-state index in [1.165, 1.54) is 7.11 Å². The third kappa shape index (κ3) is 4.27. The molecule has 0 fully saturated rings. The minimum absolute atomic E-state index is 0.0825. The van der Waals surface area contributed by atoms with Crippen molar-refractivity contribution in [3.8, 4) is 0 Å². The first kappa shape index (κ1) is 11.4. The summed E-state index contributed by atoms with van der Waals surface area (Å²) in [7, 11) is 1.48. The standard InChI is InChI=1S/C7H16N2O3/c1-3-9(5-8-6-10)7(11)4-12-2/h8,10H,3-6H2,1-2H3. The normalized spacial score (nSPS) is 9.92. The summed E-state index contributed by atoms with van der Waals surface area (Å²) in [6.07, 6.45) is 0. The molecule has 0 aliphatic carbocycles. The van der Waals surface area contributed by atoms with Crippen LogP contribution in [0, 0.1) is 0 Å². The van der Waals surface area contributed by atoms with E-state index in [2.05, 4.69) is 10.1 Å².